The number of aromatic hydroxyl groups is 2. The van der Waals surface area contributed by atoms with Crippen molar-refractivity contribution >= 4 is 40.1 Å². The number of carbonyl (C=O) groups is 1. The SMILES string of the molecule is Nc1c(C(=O)NCc2ccccc2)c2nc3ccccc3nc2n1/N=C\c1ccc(O)c(O)c1. The molecule has 0 saturated carbocycles. The largest absolute Gasteiger partial charge is 0.504 e. The molecule has 3 aromatic carbocycles. The van der Waals surface area contributed by atoms with Gasteiger partial charge in [0.05, 0.1) is 17.2 Å². The first-order chi connectivity index (χ1) is 16.5. The van der Waals surface area contributed by atoms with E-state index < -0.39 is 5.91 Å². The van der Waals surface area contributed by atoms with Crippen molar-refractivity contribution in [2.45, 2.75) is 6.54 Å². The summed E-state index contributed by atoms with van der Waals surface area (Å²) >= 11 is 0. The van der Waals surface area contributed by atoms with Crippen LogP contribution in [0.5, 0.6) is 11.5 Å². The number of benzene rings is 3. The van der Waals surface area contributed by atoms with Gasteiger partial charge in [-0.15, -0.1) is 0 Å². The van der Waals surface area contributed by atoms with E-state index in [0.717, 1.165) is 5.56 Å². The minimum Gasteiger partial charge on any atom is -0.504 e. The number of nitrogen functional groups attached to an aromatic ring is 1. The van der Waals surface area contributed by atoms with E-state index in [1.807, 2.05) is 54.6 Å². The van der Waals surface area contributed by atoms with Gasteiger partial charge >= 0.3 is 0 Å². The number of aromatic nitrogens is 3. The van der Waals surface area contributed by atoms with Gasteiger partial charge in [0, 0.05) is 6.54 Å². The maximum absolute atomic E-state index is 13.2. The second-order valence-electron chi connectivity index (χ2n) is 7.62. The van der Waals surface area contributed by atoms with E-state index in [0.29, 0.717) is 34.3 Å². The third-order valence-corrected chi connectivity index (χ3v) is 5.32. The Hall–Kier alpha value is -4.92. The van der Waals surface area contributed by atoms with E-state index in [-0.39, 0.29) is 22.9 Å². The first-order valence-corrected chi connectivity index (χ1v) is 10.5. The summed E-state index contributed by atoms with van der Waals surface area (Å²) in [5, 5.41) is 26.6. The Morgan fingerprint density at radius 1 is 0.971 bits per heavy atom. The van der Waals surface area contributed by atoms with E-state index in [1.165, 1.54) is 23.0 Å². The molecule has 0 aliphatic heterocycles. The lowest BCUT2D eigenvalue weighted by atomic mass is 10.2. The molecule has 5 aromatic rings. The van der Waals surface area contributed by atoms with Gasteiger partial charge in [0.2, 0.25) is 0 Å². The average molecular weight is 452 g/mol. The number of amides is 1. The summed E-state index contributed by atoms with van der Waals surface area (Å²) in [6.07, 6.45) is 1.44. The lowest BCUT2D eigenvalue weighted by molar-refractivity contribution is 0.0953. The van der Waals surface area contributed by atoms with Crippen molar-refractivity contribution in [3.63, 3.8) is 0 Å². The quantitative estimate of drug-likeness (QED) is 0.238. The normalized spacial score (nSPS) is 11.4. The zero-order valence-electron chi connectivity index (χ0n) is 17.9. The second-order valence-corrected chi connectivity index (χ2v) is 7.62. The Morgan fingerprint density at radius 2 is 1.68 bits per heavy atom. The first kappa shape index (κ1) is 21.0. The maximum Gasteiger partial charge on any atom is 0.257 e. The van der Waals surface area contributed by atoms with E-state index in [9.17, 15) is 15.0 Å². The summed E-state index contributed by atoms with van der Waals surface area (Å²) in [7, 11) is 0. The van der Waals surface area contributed by atoms with Crippen LogP contribution < -0.4 is 11.1 Å². The molecule has 0 aliphatic rings. The van der Waals surface area contributed by atoms with Gasteiger partial charge in [0.15, 0.2) is 17.1 Å². The fourth-order valence-electron chi connectivity index (χ4n) is 3.60. The van der Waals surface area contributed by atoms with Gasteiger partial charge in [-0.1, -0.05) is 42.5 Å². The maximum atomic E-state index is 13.2. The van der Waals surface area contributed by atoms with E-state index in [2.05, 4.69) is 20.4 Å². The number of nitrogens with two attached hydrogens (primary N) is 1. The van der Waals surface area contributed by atoms with Crippen LogP contribution in [0.2, 0.25) is 0 Å². The van der Waals surface area contributed by atoms with Crippen LogP contribution in [-0.2, 0) is 6.54 Å². The predicted molar refractivity (Wildman–Crippen MR) is 130 cm³/mol. The number of hydrogen-bond acceptors (Lipinski definition) is 7. The van der Waals surface area contributed by atoms with E-state index in [4.69, 9.17) is 5.73 Å². The van der Waals surface area contributed by atoms with Crippen LogP contribution in [0.1, 0.15) is 21.5 Å². The van der Waals surface area contributed by atoms with Gasteiger partial charge in [-0.2, -0.15) is 9.78 Å². The number of phenols is 2. The molecule has 5 N–H and O–H groups in total. The lowest BCUT2D eigenvalue weighted by Crippen LogP contribution is -2.23. The molecule has 2 heterocycles. The summed E-state index contributed by atoms with van der Waals surface area (Å²) in [4.78, 5) is 22.5. The van der Waals surface area contributed by atoms with Crippen LogP contribution in [0.15, 0.2) is 77.9 Å². The first-order valence-electron chi connectivity index (χ1n) is 10.5. The zero-order valence-corrected chi connectivity index (χ0v) is 17.9. The minimum atomic E-state index is -0.396. The molecule has 9 heteroatoms. The van der Waals surface area contributed by atoms with Gasteiger partial charge in [0.25, 0.3) is 5.91 Å². The summed E-state index contributed by atoms with van der Waals surface area (Å²) in [5.74, 6) is -0.832. The molecular weight excluding hydrogens is 432 g/mol. The number of hydrogen-bond donors (Lipinski definition) is 4. The van der Waals surface area contributed by atoms with E-state index >= 15 is 0 Å². The number of phenolic OH excluding ortho intramolecular Hbond substituents is 2. The molecule has 0 saturated heterocycles. The molecule has 0 atom stereocenters. The highest BCUT2D eigenvalue weighted by Crippen LogP contribution is 2.28. The average Bonchev–Trinajstić information content (AvgIpc) is 3.12. The van der Waals surface area contributed by atoms with Gasteiger partial charge in [-0.25, -0.2) is 9.97 Å². The van der Waals surface area contributed by atoms with Crippen molar-refractivity contribution in [2.75, 3.05) is 5.73 Å². The Morgan fingerprint density at radius 3 is 2.41 bits per heavy atom. The van der Waals surface area contributed by atoms with Gasteiger partial charge < -0.3 is 21.3 Å². The van der Waals surface area contributed by atoms with E-state index in [1.54, 1.807) is 6.07 Å². The number of nitrogens with one attached hydrogen (secondary N) is 1. The van der Waals surface area contributed by atoms with Crippen LogP contribution >= 0.6 is 0 Å². The number of para-hydroxylation sites is 2. The number of nitrogens with zero attached hydrogens (tertiary/aromatic N) is 4. The molecule has 2 aromatic heterocycles. The molecule has 0 unspecified atom stereocenters. The lowest BCUT2D eigenvalue weighted by Gasteiger charge is -2.05. The molecular formula is C25H20N6O3. The van der Waals surface area contributed by atoms with Crippen LogP contribution in [0, 0.1) is 0 Å². The topological polar surface area (TPSA) is 139 Å². The highest BCUT2D eigenvalue weighted by molar-refractivity contribution is 6.10. The number of carbonyl (C=O) groups excluding carboxylic acids is 1. The molecule has 168 valence electrons. The number of anilines is 1. The molecule has 0 spiro atoms. The van der Waals surface area contributed by atoms with Crippen molar-refractivity contribution in [3.8, 4) is 11.5 Å². The van der Waals surface area contributed by atoms with Crippen molar-refractivity contribution < 1.29 is 15.0 Å². The number of rotatable bonds is 5. The summed E-state index contributed by atoms with van der Waals surface area (Å²) in [6, 6.07) is 21.1. The minimum absolute atomic E-state index is 0.0788. The molecule has 5 rings (SSSR count). The molecule has 0 radical (unpaired) electrons. The van der Waals surface area contributed by atoms with Crippen molar-refractivity contribution in [1.29, 1.82) is 0 Å². The zero-order chi connectivity index (χ0) is 23.7. The number of fused-ring (bicyclic) bond motifs is 2. The van der Waals surface area contributed by atoms with Crippen LogP contribution in [0.3, 0.4) is 0 Å². The monoisotopic (exact) mass is 452 g/mol. The fraction of sp³-hybridized carbons (Fsp3) is 0.0400. The molecule has 0 bridgehead atoms. The summed E-state index contributed by atoms with van der Waals surface area (Å²) in [5.41, 5.74) is 9.92. The molecule has 0 aliphatic carbocycles. The van der Waals surface area contributed by atoms with Gasteiger partial charge in [-0.05, 0) is 41.5 Å². The van der Waals surface area contributed by atoms with Crippen molar-refractivity contribution in [3.05, 3.63) is 89.5 Å². The standard InChI is InChI=1S/C25H20N6O3/c26-23-21(25(34)27-13-15-6-2-1-3-7-15)22-24(30-18-9-5-4-8-17(18)29-22)31(23)28-14-16-10-11-19(32)20(33)12-16/h1-12,14,32-33H,13,26H2,(H,27,34)/b28-14-. The van der Waals surface area contributed by atoms with Crippen LogP contribution in [0.25, 0.3) is 22.2 Å². The Bertz CT molecular complexity index is 1560. The van der Waals surface area contributed by atoms with Crippen molar-refractivity contribution in [1.82, 2.24) is 20.0 Å². The molecule has 0 fully saturated rings. The predicted octanol–water partition coefficient (Wildman–Crippen LogP) is 3.39. The Kier molecular flexibility index (Phi) is 5.27. The molecule has 9 nitrogen and oxygen atoms in total. The highest BCUT2D eigenvalue weighted by atomic mass is 16.3. The van der Waals surface area contributed by atoms with Gasteiger partial charge in [0.1, 0.15) is 16.9 Å². The molecule has 34 heavy (non-hydrogen) atoms. The smallest absolute Gasteiger partial charge is 0.257 e. The summed E-state index contributed by atoms with van der Waals surface area (Å²) < 4.78 is 1.34. The second kappa shape index (κ2) is 8.55. The van der Waals surface area contributed by atoms with Crippen LogP contribution in [-0.4, -0.2) is 37.0 Å². The Balaban J connectivity index is 1.60. The summed E-state index contributed by atoms with van der Waals surface area (Å²) in [6.45, 7) is 0.322. The Labute approximate surface area is 193 Å². The molecule has 1 amide bonds. The third-order valence-electron chi connectivity index (χ3n) is 5.32. The van der Waals surface area contributed by atoms with Crippen molar-refractivity contribution in [2.24, 2.45) is 5.10 Å². The third kappa shape index (κ3) is 3.86. The van der Waals surface area contributed by atoms with Crippen LogP contribution in [0.4, 0.5) is 5.82 Å². The fourth-order valence-corrected chi connectivity index (χ4v) is 3.60. The highest BCUT2D eigenvalue weighted by Gasteiger charge is 2.24. The van der Waals surface area contributed by atoms with Gasteiger partial charge in [-0.3, -0.25) is 4.79 Å².